The minimum Gasteiger partial charge on any atom is -0.497 e. The average Bonchev–Trinajstić information content (AvgIpc) is 2.67. The van der Waals surface area contributed by atoms with Gasteiger partial charge < -0.3 is 24.3 Å². The topological polar surface area (TPSA) is 83.1 Å². The van der Waals surface area contributed by atoms with E-state index in [2.05, 4.69) is 5.32 Å². The van der Waals surface area contributed by atoms with E-state index >= 15 is 0 Å². The number of amides is 1. The number of carbonyl (C=O) groups excluding carboxylic acids is 2. The second-order valence-corrected chi connectivity index (χ2v) is 5.66. The third kappa shape index (κ3) is 4.05. The lowest BCUT2D eigenvalue weighted by Crippen LogP contribution is -2.41. The molecule has 3 rings (SSSR count). The first-order chi connectivity index (χ1) is 12.6. The van der Waals surface area contributed by atoms with Gasteiger partial charge in [-0.1, -0.05) is 18.2 Å². The van der Waals surface area contributed by atoms with Gasteiger partial charge in [0.25, 0.3) is 5.91 Å². The Bertz CT molecular complexity index is 806. The maximum atomic E-state index is 12.2. The molecule has 0 fully saturated rings. The minimum atomic E-state index is -0.991. The summed E-state index contributed by atoms with van der Waals surface area (Å²) in [6.45, 7) is 1.52. The number of nitrogens with one attached hydrogen (secondary N) is 1. The molecule has 0 spiro atoms. The largest absolute Gasteiger partial charge is 0.497 e. The maximum Gasteiger partial charge on any atom is 0.351 e. The quantitative estimate of drug-likeness (QED) is 0.828. The van der Waals surface area contributed by atoms with Gasteiger partial charge in [0.2, 0.25) is 6.10 Å². The molecule has 7 nitrogen and oxygen atoms in total. The van der Waals surface area contributed by atoms with E-state index in [1.165, 1.54) is 14.0 Å². The van der Waals surface area contributed by atoms with E-state index in [1.807, 2.05) is 6.07 Å². The van der Waals surface area contributed by atoms with Gasteiger partial charge in [0.15, 0.2) is 17.6 Å². The van der Waals surface area contributed by atoms with Crippen molar-refractivity contribution in [3.63, 3.8) is 0 Å². The second-order valence-electron chi connectivity index (χ2n) is 5.66. The summed E-state index contributed by atoms with van der Waals surface area (Å²) in [5.74, 6) is 0.532. The van der Waals surface area contributed by atoms with Gasteiger partial charge in [-0.3, -0.25) is 4.79 Å². The van der Waals surface area contributed by atoms with E-state index in [4.69, 9.17) is 18.9 Å². The third-order valence-electron chi connectivity index (χ3n) is 3.77. The molecule has 2 aromatic carbocycles. The Hall–Kier alpha value is -3.22. The summed E-state index contributed by atoms with van der Waals surface area (Å²) in [7, 11) is 1.54. The Labute approximate surface area is 150 Å². The van der Waals surface area contributed by atoms with E-state index in [-0.39, 0.29) is 6.61 Å². The molecule has 1 aliphatic rings. The SMILES string of the molecule is COc1cccc(NC(=O)[C@@H](C)OC(=O)[C@H]2COc3ccccc3O2)c1. The first-order valence-corrected chi connectivity index (χ1v) is 8.10. The van der Waals surface area contributed by atoms with Crippen LogP contribution in [-0.4, -0.2) is 37.8 Å². The number of esters is 1. The Morgan fingerprint density at radius 2 is 1.92 bits per heavy atom. The summed E-state index contributed by atoms with van der Waals surface area (Å²) in [6, 6.07) is 13.9. The third-order valence-corrected chi connectivity index (χ3v) is 3.77. The van der Waals surface area contributed by atoms with Crippen molar-refractivity contribution < 1.29 is 28.5 Å². The van der Waals surface area contributed by atoms with Crippen LogP contribution in [0.3, 0.4) is 0 Å². The Morgan fingerprint density at radius 1 is 1.15 bits per heavy atom. The van der Waals surface area contributed by atoms with Crippen molar-refractivity contribution in [3.8, 4) is 17.2 Å². The van der Waals surface area contributed by atoms with Crippen LogP contribution in [0.2, 0.25) is 0 Å². The van der Waals surface area contributed by atoms with Crippen molar-refractivity contribution in [2.45, 2.75) is 19.1 Å². The number of methoxy groups -OCH3 is 1. The number of hydrogen-bond donors (Lipinski definition) is 1. The molecule has 0 radical (unpaired) electrons. The van der Waals surface area contributed by atoms with Crippen LogP contribution in [0.4, 0.5) is 5.69 Å². The summed E-state index contributed by atoms with van der Waals surface area (Å²) in [6.07, 6.45) is -1.91. The number of anilines is 1. The van der Waals surface area contributed by atoms with Crippen LogP contribution >= 0.6 is 0 Å². The predicted octanol–water partition coefficient (Wildman–Crippen LogP) is 2.41. The van der Waals surface area contributed by atoms with Gasteiger partial charge in [0.05, 0.1) is 7.11 Å². The molecule has 2 atom stereocenters. The molecule has 0 aliphatic carbocycles. The van der Waals surface area contributed by atoms with Crippen LogP contribution in [-0.2, 0) is 14.3 Å². The van der Waals surface area contributed by atoms with Crippen molar-refractivity contribution >= 4 is 17.6 Å². The monoisotopic (exact) mass is 357 g/mol. The zero-order chi connectivity index (χ0) is 18.5. The fraction of sp³-hybridized carbons (Fsp3) is 0.263. The molecule has 1 heterocycles. The van der Waals surface area contributed by atoms with E-state index in [9.17, 15) is 9.59 Å². The van der Waals surface area contributed by atoms with Crippen LogP contribution < -0.4 is 19.5 Å². The minimum absolute atomic E-state index is 0.0278. The smallest absolute Gasteiger partial charge is 0.351 e. The molecule has 0 bridgehead atoms. The number of hydrogen-bond acceptors (Lipinski definition) is 6. The molecule has 0 unspecified atom stereocenters. The molecule has 26 heavy (non-hydrogen) atoms. The average molecular weight is 357 g/mol. The number of ether oxygens (including phenoxy) is 4. The lowest BCUT2D eigenvalue weighted by molar-refractivity contribution is -0.162. The normalized spacial score (nSPS) is 16.3. The second kappa shape index (κ2) is 7.77. The van der Waals surface area contributed by atoms with E-state index < -0.39 is 24.1 Å². The predicted molar refractivity (Wildman–Crippen MR) is 93.5 cm³/mol. The number of fused-ring (bicyclic) bond motifs is 1. The van der Waals surface area contributed by atoms with Gasteiger partial charge >= 0.3 is 5.97 Å². The fourth-order valence-electron chi connectivity index (χ4n) is 2.38. The van der Waals surface area contributed by atoms with Gasteiger partial charge in [0, 0.05) is 11.8 Å². The summed E-state index contributed by atoms with van der Waals surface area (Å²) >= 11 is 0. The van der Waals surface area contributed by atoms with Crippen molar-refractivity contribution in [2.75, 3.05) is 19.0 Å². The molecule has 0 aromatic heterocycles. The molecule has 2 aromatic rings. The van der Waals surface area contributed by atoms with Crippen LogP contribution in [0.1, 0.15) is 6.92 Å². The van der Waals surface area contributed by atoms with Crippen molar-refractivity contribution in [1.82, 2.24) is 0 Å². The van der Waals surface area contributed by atoms with Crippen molar-refractivity contribution in [2.24, 2.45) is 0 Å². The highest BCUT2D eigenvalue weighted by Crippen LogP contribution is 2.31. The Kier molecular flexibility index (Phi) is 5.26. The van der Waals surface area contributed by atoms with Crippen molar-refractivity contribution in [1.29, 1.82) is 0 Å². The number of benzene rings is 2. The van der Waals surface area contributed by atoms with Crippen LogP contribution in [0, 0.1) is 0 Å². The highest BCUT2D eigenvalue weighted by molar-refractivity contribution is 5.95. The molecule has 1 amide bonds. The lowest BCUT2D eigenvalue weighted by atomic mass is 10.2. The Morgan fingerprint density at radius 3 is 2.69 bits per heavy atom. The van der Waals surface area contributed by atoms with Crippen LogP contribution in [0.5, 0.6) is 17.2 Å². The molecule has 1 aliphatic heterocycles. The van der Waals surface area contributed by atoms with E-state index in [0.717, 1.165) is 0 Å². The van der Waals surface area contributed by atoms with Gasteiger partial charge in [-0.05, 0) is 31.2 Å². The fourth-order valence-corrected chi connectivity index (χ4v) is 2.38. The first-order valence-electron chi connectivity index (χ1n) is 8.10. The number of para-hydroxylation sites is 2. The molecule has 7 heteroatoms. The lowest BCUT2D eigenvalue weighted by Gasteiger charge is -2.25. The highest BCUT2D eigenvalue weighted by atomic mass is 16.6. The highest BCUT2D eigenvalue weighted by Gasteiger charge is 2.31. The van der Waals surface area contributed by atoms with Crippen LogP contribution in [0.25, 0.3) is 0 Å². The number of rotatable bonds is 5. The molecule has 136 valence electrons. The molecule has 0 saturated heterocycles. The maximum absolute atomic E-state index is 12.2. The molecule has 1 N–H and O–H groups in total. The van der Waals surface area contributed by atoms with E-state index in [1.54, 1.807) is 42.5 Å². The Balaban J connectivity index is 1.56. The molecular formula is C19H19NO6. The van der Waals surface area contributed by atoms with Crippen LogP contribution in [0.15, 0.2) is 48.5 Å². The van der Waals surface area contributed by atoms with Gasteiger partial charge in [-0.25, -0.2) is 4.79 Å². The number of carbonyl (C=O) groups is 2. The summed E-state index contributed by atoms with van der Waals surface area (Å²) in [4.78, 5) is 24.5. The van der Waals surface area contributed by atoms with Crippen molar-refractivity contribution in [3.05, 3.63) is 48.5 Å². The van der Waals surface area contributed by atoms with Gasteiger partial charge in [0.1, 0.15) is 12.4 Å². The first kappa shape index (κ1) is 17.6. The van der Waals surface area contributed by atoms with Gasteiger partial charge in [-0.15, -0.1) is 0 Å². The summed E-state index contributed by atoms with van der Waals surface area (Å²) in [5.41, 5.74) is 0.545. The molecular weight excluding hydrogens is 338 g/mol. The zero-order valence-electron chi connectivity index (χ0n) is 14.4. The molecule has 0 saturated carbocycles. The van der Waals surface area contributed by atoms with Gasteiger partial charge in [-0.2, -0.15) is 0 Å². The zero-order valence-corrected chi connectivity index (χ0v) is 14.4. The summed E-state index contributed by atoms with van der Waals surface area (Å²) in [5, 5.41) is 2.67. The van der Waals surface area contributed by atoms with E-state index in [0.29, 0.717) is 22.9 Å². The summed E-state index contributed by atoms with van der Waals surface area (Å²) < 4.78 is 21.4. The standard InChI is InChI=1S/C19H19NO6/c1-12(18(21)20-13-6-5-7-14(10-13)23-2)25-19(22)17-11-24-15-8-3-4-9-16(15)26-17/h3-10,12,17H,11H2,1-2H3,(H,20,21)/t12-,17-/m1/s1.